The second-order valence-corrected chi connectivity index (χ2v) is 5.55. The van der Waals surface area contributed by atoms with E-state index in [1.54, 1.807) is 18.3 Å². The summed E-state index contributed by atoms with van der Waals surface area (Å²) in [6.07, 6.45) is 1.57. The van der Waals surface area contributed by atoms with Crippen LogP contribution in [0.25, 0.3) is 0 Å². The molecule has 0 unspecified atom stereocenters. The Morgan fingerprint density at radius 2 is 1.46 bits per heavy atom. The van der Waals surface area contributed by atoms with Gasteiger partial charge >= 0.3 is 6.03 Å². The fourth-order valence-corrected chi connectivity index (χ4v) is 2.59. The first kappa shape index (κ1) is 16.0. The molecule has 120 valence electrons. The number of rotatable bonds is 4. The molecule has 0 bridgehead atoms. The van der Waals surface area contributed by atoms with Gasteiger partial charge in [0.2, 0.25) is 0 Å². The van der Waals surface area contributed by atoms with Gasteiger partial charge in [0.05, 0.1) is 11.7 Å². The number of aromatic nitrogens is 1. The first-order chi connectivity index (χ1) is 11.7. The minimum atomic E-state index is -0.345. The van der Waals surface area contributed by atoms with Gasteiger partial charge in [-0.05, 0) is 23.3 Å². The second-order valence-electron chi connectivity index (χ2n) is 5.19. The Balaban J connectivity index is 1.82. The molecular formula is C19H16ClN3O. The van der Waals surface area contributed by atoms with Gasteiger partial charge in [0.25, 0.3) is 0 Å². The minimum absolute atomic E-state index is 0.253. The number of urea groups is 1. The van der Waals surface area contributed by atoms with Crippen LogP contribution in [0.2, 0.25) is 5.15 Å². The molecule has 4 nitrogen and oxygen atoms in total. The van der Waals surface area contributed by atoms with Crippen molar-refractivity contribution in [1.29, 1.82) is 0 Å². The average molecular weight is 338 g/mol. The Kier molecular flexibility index (Phi) is 5.08. The fourth-order valence-electron chi connectivity index (χ4n) is 2.42. The maximum atomic E-state index is 12.4. The van der Waals surface area contributed by atoms with E-state index >= 15 is 0 Å². The van der Waals surface area contributed by atoms with E-state index in [2.05, 4.69) is 15.6 Å². The second kappa shape index (κ2) is 7.62. The van der Waals surface area contributed by atoms with Gasteiger partial charge in [-0.2, -0.15) is 0 Å². The van der Waals surface area contributed by atoms with Crippen LogP contribution >= 0.6 is 11.6 Å². The predicted octanol–water partition coefficient (Wildman–Crippen LogP) is 4.65. The summed E-state index contributed by atoms with van der Waals surface area (Å²) >= 11 is 5.99. The van der Waals surface area contributed by atoms with E-state index in [1.807, 2.05) is 60.7 Å². The van der Waals surface area contributed by atoms with Crippen LogP contribution in [-0.4, -0.2) is 11.0 Å². The van der Waals surface area contributed by atoms with Crippen LogP contribution in [0.3, 0.4) is 0 Å². The maximum absolute atomic E-state index is 12.4. The average Bonchev–Trinajstić information content (AvgIpc) is 2.63. The molecule has 1 heterocycles. The normalized spacial score (nSPS) is 10.4. The lowest BCUT2D eigenvalue weighted by molar-refractivity contribution is 0.250. The molecule has 0 aliphatic carbocycles. The van der Waals surface area contributed by atoms with Crippen LogP contribution in [0.15, 0.2) is 79.0 Å². The molecule has 0 radical (unpaired) electrons. The van der Waals surface area contributed by atoms with Crippen molar-refractivity contribution in [3.8, 4) is 0 Å². The zero-order chi connectivity index (χ0) is 16.8. The van der Waals surface area contributed by atoms with Gasteiger partial charge in [-0.3, -0.25) is 0 Å². The number of amides is 2. The molecule has 0 atom stereocenters. The Hall–Kier alpha value is -2.85. The number of carbonyl (C=O) groups excluding carboxylic acids is 1. The van der Waals surface area contributed by atoms with E-state index in [0.29, 0.717) is 5.69 Å². The molecule has 3 aromatic rings. The predicted molar refractivity (Wildman–Crippen MR) is 96.1 cm³/mol. The van der Waals surface area contributed by atoms with Crippen LogP contribution in [0.4, 0.5) is 10.5 Å². The van der Waals surface area contributed by atoms with Gasteiger partial charge in [0.1, 0.15) is 0 Å². The van der Waals surface area contributed by atoms with E-state index in [4.69, 9.17) is 11.6 Å². The molecule has 0 fully saturated rings. The van der Waals surface area contributed by atoms with Crippen LogP contribution < -0.4 is 10.6 Å². The topological polar surface area (TPSA) is 54.0 Å². The van der Waals surface area contributed by atoms with Crippen LogP contribution in [0, 0.1) is 0 Å². The summed E-state index contributed by atoms with van der Waals surface area (Å²) in [7, 11) is 0. The number of anilines is 1. The molecule has 0 aliphatic heterocycles. The fraction of sp³-hybridized carbons (Fsp3) is 0.0526. The van der Waals surface area contributed by atoms with Crippen molar-refractivity contribution in [1.82, 2.24) is 10.3 Å². The highest BCUT2D eigenvalue weighted by atomic mass is 35.5. The van der Waals surface area contributed by atoms with Crippen LogP contribution in [0.1, 0.15) is 17.2 Å². The Bertz CT molecular complexity index is 770. The third-order valence-electron chi connectivity index (χ3n) is 3.55. The Morgan fingerprint density at radius 1 is 0.875 bits per heavy atom. The standard InChI is InChI=1S/C19H16ClN3O/c20-18-16(12-7-13-21-18)22-19(24)23-17(14-8-3-1-4-9-14)15-10-5-2-6-11-15/h1-13,17H,(H2,22,23,24). The molecule has 0 saturated carbocycles. The summed E-state index contributed by atoms with van der Waals surface area (Å²) in [5.41, 5.74) is 2.46. The molecule has 2 N–H and O–H groups in total. The smallest absolute Gasteiger partial charge is 0.320 e. The molecule has 1 aromatic heterocycles. The van der Waals surface area contributed by atoms with Crippen molar-refractivity contribution in [2.45, 2.75) is 6.04 Å². The summed E-state index contributed by atoms with van der Waals surface area (Å²) in [6, 6.07) is 22.4. The lowest BCUT2D eigenvalue weighted by Crippen LogP contribution is -2.33. The van der Waals surface area contributed by atoms with E-state index in [-0.39, 0.29) is 17.2 Å². The Morgan fingerprint density at radius 3 is 2.00 bits per heavy atom. The highest BCUT2D eigenvalue weighted by Gasteiger charge is 2.17. The SMILES string of the molecule is O=C(Nc1cccnc1Cl)NC(c1ccccc1)c1ccccc1. The summed E-state index contributed by atoms with van der Waals surface area (Å²) in [5, 5.41) is 5.98. The first-order valence-corrected chi connectivity index (χ1v) is 7.90. The minimum Gasteiger partial charge on any atom is -0.327 e. The number of nitrogens with one attached hydrogen (secondary N) is 2. The van der Waals surface area contributed by atoms with Gasteiger partial charge in [-0.15, -0.1) is 0 Å². The number of pyridine rings is 1. The molecular weight excluding hydrogens is 322 g/mol. The number of carbonyl (C=O) groups is 1. The monoisotopic (exact) mass is 337 g/mol. The van der Waals surface area contributed by atoms with Crippen molar-refractivity contribution in [2.75, 3.05) is 5.32 Å². The first-order valence-electron chi connectivity index (χ1n) is 7.52. The largest absolute Gasteiger partial charge is 0.327 e. The van der Waals surface area contributed by atoms with Gasteiger partial charge in [-0.1, -0.05) is 72.3 Å². The molecule has 24 heavy (non-hydrogen) atoms. The lowest BCUT2D eigenvalue weighted by atomic mass is 9.99. The van der Waals surface area contributed by atoms with Crippen molar-refractivity contribution in [3.63, 3.8) is 0 Å². The molecule has 2 amide bonds. The summed E-state index contributed by atoms with van der Waals surface area (Å²) in [6.45, 7) is 0. The van der Waals surface area contributed by atoms with E-state index in [9.17, 15) is 4.79 Å². The molecule has 0 aliphatic rings. The number of benzene rings is 2. The van der Waals surface area contributed by atoms with E-state index in [0.717, 1.165) is 11.1 Å². The van der Waals surface area contributed by atoms with Crippen molar-refractivity contribution >= 4 is 23.3 Å². The third-order valence-corrected chi connectivity index (χ3v) is 3.85. The summed E-state index contributed by atoms with van der Waals surface area (Å²) in [4.78, 5) is 16.4. The molecule has 5 heteroatoms. The van der Waals surface area contributed by atoms with Crippen molar-refractivity contribution < 1.29 is 4.79 Å². The molecule has 3 rings (SSSR count). The summed E-state index contributed by atoms with van der Waals surface area (Å²) < 4.78 is 0. The number of hydrogen-bond acceptors (Lipinski definition) is 2. The van der Waals surface area contributed by atoms with Gasteiger partial charge in [0, 0.05) is 6.20 Å². The number of halogens is 1. The molecule has 0 saturated heterocycles. The van der Waals surface area contributed by atoms with Gasteiger partial charge < -0.3 is 10.6 Å². The maximum Gasteiger partial charge on any atom is 0.320 e. The summed E-state index contributed by atoms with van der Waals surface area (Å²) in [5.74, 6) is 0. The van der Waals surface area contributed by atoms with Crippen LogP contribution in [0.5, 0.6) is 0 Å². The third kappa shape index (κ3) is 3.91. The van der Waals surface area contributed by atoms with Gasteiger partial charge in [0.15, 0.2) is 5.15 Å². The molecule has 2 aromatic carbocycles. The van der Waals surface area contributed by atoms with Crippen molar-refractivity contribution in [3.05, 3.63) is 95.3 Å². The quantitative estimate of drug-likeness (QED) is 0.681. The Labute approximate surface area is 145 Å². The zero-order valence-electron chi connectivity index (χ0n) is 12.8. The van der Waals surface area contributed by atoms with Crippen LogP contribution in [-0.2, 0) is 0 Å². The van der Waals surface area contributed by atoms with Gasteiger partial charge in [-0.25, -0.2) is 9.78 Å². The zero-order valence-corrected chi connectivity index (χ0v) is 13.6. The van der Waals surface area contributed by atoms with Crippen molar-refractivity contribution in [2.24, 2.45) is 0 Å². The molecule has 0 spiro atoms. The lowest BCUT2D eigenvalue weighted by Gasteiger charge is -2.20. The highest BCUT2D eigenvalue weighted by Crippen LogP contribution is 2.22. The van der Waals surface area contributed by atoms with E-state index in [1.165, 1.54) is 0 Å². The highest BCUT2D eigenvalue weighted by molar-refractivity contribution is 6.32. The number of nitrogens with zero attached hydrogens (tertiary/aromatic N) is 1. The number of hydrogen-bond donors (Lipinski definition) is 2. The van der Waals surface area contributed by atoms with E-state index < -0.39 is 0 Å².